The van der Waals surface area contributed by atoms with Crippen molar-refractivity contribution in [1.29, 1.82) is 5.41 Å². The van der Waals surface area contributed by atoms with Gasteiger partial charge >= 0.3 is 5.97 Å². The Kier molecular flexibility index (Phi) is 10.8. The zero-order valence-corrected chi connectivity index (χ0v) is 20.0. The number of aliphatic carboxylic acids is 1. The molecule has 13 heteroatoms. The number of nitrogens with two attached hydrogens (primary N) is 2. The number of nitrogens with one attached hydrogen (secondary N) is 3. The molecule has 1 aromatic carbocycles. The first-order valence-corrected chi connectivity index (χ1v) is 11.6. The minimum atomic E-state index is -1.16. The number of nitrogens with zero attached hydrogens (tertiary/aromatic N) is 2. The topological polar surface area (TPSA) is 212 Å². The van der Waals surface area contributed by atoms with Gasteiger partial charge in [0.1, 0.15) is 18.4 Å². The normalized spacial score (nSPS) is 15.4. The van der Waals surface area contributed by atoms with Crippen molar-refractivity contribution in [3.63, 3.8) is 0 Å². The minimum Gasteiger partial charge on any atom is -0.480 e. The first-order chi connectivity index (χ1) is 17.1. The Bertz CT molecular complexity index is 982. The molecule has 1 aromatic rings. The summed E-state index contributed by atoms with van der Waals surface area (Å²) in [4.78, 5) is 63.7. The van der Waals surface area contributed by atoms with Gasteiger partial charge in [-0.3, -0.25) is 29.4 Å². The van der Waals surface area contributed by atoms with Crippen molar-refractivity contribution in [2.45, 2.75) is 31.7 Å². The molecule has 1 aliphatic rings. The lowest BCUT2D eigenvalue weighted by Crippen LogP contribution is -2.60. The molecule has 196 valence electrons. The molecule has 36 heavy (non-hydrogen) atoms. The fourth-order valence-corrected chi connectivity index (χ4v) is 3.77. The zero-order chi connectivity index (χ0) is 26.7. The Morgan fingerprint density at radius 3 is 2.33 bits per heavy atom. The van der Waals surface area contributed by atoms with Crippen LogP contribution in [0.4, 0.5) is 0 Å². The van der Waals surface area contributed by atoms with Crippen molar-refractivity contribution in [1.82, 2.24) is 20.4 Å². The molecular weight excluding hydrogens is 470 g/mol. The first kappa shape index (κ1) is 28.2. The molecule has 0 spiro atoms. The summed E-state index contributed by atoms with van der Waals surface area (Å²) in [6.45, 7) is 0.0477. The van der Waals surface area contributed by atoms with Gasteiger partial charge in [0.25, 0.3) is 5.91 Å². The second kappa shape index (κ2) is 13.8. The van der Waals surface area contributed by atoms with E-state index in [2.05, 4.69) is 10.6 Å². The Morgan fingerprint density at radius 1 is 1.06 bits per heavy atom. The predicted octanol–water partition coefficient (Wildman–Crippen LogP) is -1.54. The van der Waals surface area contributed by atoms with Gasteiger partial charge in [-0.1, -0.05) is 12.1 Å². The number of benzene rings is 1. The molecule has 0 unspecified atom stereocenters. The summed E-state index contributed by atoms with van der Waals surface area (Å²) in [6.07, 6.45) is 1.47. The maximum atomic E-state index is 12.9. The third-order valence-corrected chi connectivity index (χ3v) is 5.67. The Balaban J connectivity index is 1.98. The molecule has 0 radical (unpaired) electrons. The smallest absolute Gasteiger partial charge is 0.323 e. The summed E-state index contributed by atoms with van der Waals surface area (Å²) < 4.78 is 0. The van der Waals surface area contributed by atoms with Crippen LogP contribution in [0.3, 0.4) is 0 Å². The second-order valence-electron chi connectivity index (χ2n) is 8.31. The summed E-state index contributed by atoms with van der Waals surface area (Å²) in [6, 6.07) is 5.09. The lowest BCUT2D eigenvalue weighted by Gasteiger charge is -2.40. The molecule has 4 amide bonds. The highest BCUT2D eigenvalue weighted by atomic mass is 16.4. The van der Waals surface area contributed by atoms with Gasteiger partial charge in [-0.05, 0) is 37.9 Å². The number of hydrogen-bond acceptors (Lipinski definition) is 7. The van der Waals surface area contributed by atoms with E-state index in [4.69, 9.17) is 22.0 Å². The quantitative estimate of drug-likeness (QED) is 0.105. The van der Waals surface area contributed by atoms with Gasteiger partial charge < -0.3 is 37.0 Å². The SMILES string of the molecule is N=C(N)c1ccc(C(=O)NCC(=O)N2CCN(CC(=O)O)C(=O)[C@@H]2CCCNC(=O)CCCN)cc1. The number of piperazine rings is 1. The number of hydrogen-bond donors (Lipinski definition) is 6. The van der Waals surface area contributed by atoms with Crippen LogP contribution >= 0.6 is 0 Å². The van der Waals surface area contributed by atoms with Crippen molar-refractivity contribution < 1.29 is 29.1 Å². The van der Waals surface area contributed by atoms with Gasteiger partial charge in [-0.15, -0.1) is 0 Å². The van der Waals surface area contributed by atoms with E-state index in [1.165, 1.54) is 34.1 Å². The molecule has 0 saturated carbocycles. The molecule has 1 saturated heterocycles. The molecule has 2 rings (SSSR count). The molecule has 1 heterocycles. The number of amides is 4. The highest BCUT2D eigenvalue weighted by molar-refractivity contribution is 5.99. The number of rotatable bonds is 13. The largest absolute Gasteiger partial charge is 0.480 e. The fraction of sp³-hybridized carbons (Fsp3) is 0.478. The maximum Gasteiger partial charge on any atom is 0.323 e. The first-order valence-electron chi connectivity index (χ1n) is 11.6. The minimum absolute atomic E-state index is 0.0592. The lowest BCUT2D eigenvalue weighted by atomic mass is 10.0. The third-order valence-electron chi connectivity index (χ3n) is 5.67. The highest BCUT2D eigenvalue weighted by Gasteiger charge is 2.37. The van der Waals surface area contributed by atoms with E-state index < -0.39 is 36.3 Å². The summed E-state index contributed by atoms with van der Waals surface area (Å²) in [5.74, 6) is -2.93. The Hall–Kier alpha value is -4.00. The predicted molar refractivity (Wildman–Crippen MR) is 130 cm³/mol. The molecule has 0 aliphatic carbocycles. The molecule has 1 aliphatic heterocycles. The van der Waals surface area contributed by atoms with E-state index in [1.54, 1.807) is 0 Å². The van der Waals surface area contributed by atoms with E-state index in [-0.39, 0.29) is 43.4 Å². The number of nitrogen functional groups attached to an aromatic ring is 1. The summed E-state index contributed by atoms with van der Waals surface area (Å²) in [5, 5.41) is 21.7. The van der Waals surface area contributed by atoms with Crippen LogP contribution in [-0.4, -0.2) is 95.7 Å². The molecule has 0 bridgehead atoms. The molecule has 1 fully saturated rings. The van der Waals surface area contributed by atoms with Crippen LogP contribution in [-0.2, 0) is 19.2 Å². The number of carboxylic acids is 1. The van der Waals surface area contributed by atoms with E-state index in [9.17, 15) is 24.0 Å². The van der Waals surface area contributed by atoms with Crippen LogP contribution in [0.1, 0.15) is 41.6 Å². The zero-order valence-electron chi connectivity index (χ0n) is 20.0. The molecule has 8 N–H and O–H groups in total. The maximum absolute atomic E-state index is 12.9. The Morgan fingerprint density at radius 2 is 1.72 bits per heavy atom. The summed E-state index contributed by atoms with van der Waals surface area (Å²) in [7, 11) is 0. The second-order valence-corrected chi connectivity index (χ2v) is 8.31. The van der Waals surface area contributed by atoms with Crippen molar-refractivity contribution in [2.24, 2.45) is 11.5 Å². The number of carbonyl (C=O) groups excluding carboxylic acids is 4. The van der Waals surface area contributed by atoms with Crippen LogP contribution < -0.4 is 22.1 Å². The molecule has 0 aromatic heterocycles. The van der Waals surface area contributed by atoms with E-state index in [0.717, 1.165) is 0 Å². The van der Waals surface area contributed by atoms with Crippen LogP contribution in [0.25, 0.3) is 0 Å². The van der Waals surface area contributed by atoms with Gasteiger partial charge in [0.2, 0.25) is 17.7 Å². The van der Waals surface area contributed by atoms with E-state index in [1.807, 2.05) is 0 Å². The van der Waals surface area contributed by atoms with Crippen LogP contribution in [0.15, 0.2) is 24.3 Å². The highest BCUT2D eigenvalue weighted by Crippen LogP contribution is 2.16. The van der Waals surface area contributed by atoms with Crippen molar-refractivity contribution in [3.8, 4) is 0 Å². The Labute approximate surface area is 208 Å². The van der Waals surface area contributed by atoms with Crippen LogP contribution in [0.2, 0.25) is 0 Å². The summed E-state index contributed by atoms with van der Waals surface area (Å²) >= 11 is 0. The average Bonchev–Trinajstić information content (AvgIpc) is 2.85. The van der Waals surface area contributed by atoms with Crippen molar-refractivity contribution in [2.75, 3.05) is 39.3 Å². The molecule has 1 atom stereocenters. The van der Waals surface area contributed by atoms with Crippen molar-refractivity contribution in [3.05, 3.63) is 35.4 Å². The molecular formula is C23H33N7O6. The number of carboxylic acid groups (broad SMARTS) is 1. The third kappa shape index (κ3) is 8.34. The number of amidine groups is 1. The van der Waals surface area contributed by atoms with Gasteiger partial charge in [0.05, 0.1) is 6.54 Å². The van der Waals surface area contributed by atoms with Crippen LogP contribution in [0.5, 0.6) is 0 Å². The van der Waals surface area contributed by atoms with E-state index >= 15 is 0 Å². The van der Waals surface area contributed by atoms with Crippen LogP contribution in [0, 0.1) is 5.41 Å². The molecule has 13 nitrogen and oxygen atoms in total. The van der Waals surface area contributed by atoms with Gasteiger partial charge in [-0.2, -0.15) is 0 Å². The standard InChI is InChI=1S/C23H33N7O6/c24-9-1-4-18(31)27-10-2-3-17-23(36)29(14-20(33)34)11-12-30(17)19(32)13-28-22(35)16-7-5-15(6-8-16)21(25)26/h5-8,17H,1-4,9-14,24H2,(H3,25,26)(H,27,31)(H,28,35)(H,33,34)/t17-/m0/s1. The lowest BCUT2D eigenvalue weighted by molar-refractivity contribution is -0.155. The van der Waals surface area contributed by atoms with Crippen molar-refractivity contribution >= 4 is 35.4 Å². The van der Waals surface area contributed by atoms with Gasteiger partial charge in [0.15, 0.2) is 0 Å². The summed E-state index contributed by atoms with van der Waals surface area (Å²) in [5.41, 5.74) is 11.5. The average molecular weight is 504 g/mol. The number of carbonyl (C=O) groups is 5. The monoisotopic (exact) mass is 503 g/mol. The van der Waals surface area contributed by atoms with Gasteiger partial charge in [0, 0.05) is 37.2 Å². The van der Waals surface area contributed by atoms with E-state index in [0.29, 0.717) is 37.9 Å². The van der Waals surface area contributed by atoms with Gasteiger partial charge in [-0.25, -0.2) is 0 Å². The fourth-order valence-electron chi connectivity index (χ4n) is 3.77.